The van der Waals surface area contributed by atoms with Gasteiger partial charge in [0.05, 0.1) is 18.0 Å². The molecule has 0 amide bonds. The van der Waals surface area contributed by atoms with E-state index in [0.29, 0.717) is 5.88 Å². The topological polar surface area (TPSA) is 55.0 Å². The fourth-order valence-corrected chi connectivity index (χ4v) is 1.82. The molecule has 4 heteroatoms. The second-order valence-electron chi connectivity index (χ2n) is 5.04. The molecule has 2 aromatic rings. The van der Waals surface area contributed by atoms with Crippen molar-refractivity contribution in [2.75, 3.05) is 7.11 Å². The highest BCUT2D eigenvalue weighted by Crippen LogP contribution is 2.25. The molecule has 0 aliphatic rings. The molecule has 1 N–H and O–H groups in total. The van der Waals surface area contributed by atoms with E-state index in [9.17, 15) is 4.79 Å². The molecule has 90 valence electrons. The summed E-state index contributed by atoms with van der Waals surface area (Å²) < 4.78 is 5.20. The molecule has 0 unspecified atom stereocenters. The third-order valence-corrected chi connectivity index (χ3v) is 2.74. The zero-order valence-corrected chi connectivity index (χ0v) is 10.5. The Morgan fingerprint density at radius 3 is 2.65 bits per heavy atom. The van der Waals surface area contributed by atoms with Crippen LogP contribution in [-0.4, -0.2) is 17.1 Å². The van der Waals surface area contributed by atoms with E-state index in [1.807, 2.05) is 26.8 Å². The van der Waals surface area contributed by atoms with Crippen LogP contribution in [0.5, 0.6) is 5.88 Å². The summed E-state index contributed by atoms with van der Waals surface area (Å²) in [5.74, 6) is 0.532. The van der Waals surface area contributed by atoms with Crippen LogP contribution < -0.4 is 10.3 Å². The Kier molecular flexibility index (Phi) is 2.65. The Morgan fingerprint density at radius 2 is 2.06 bits per heavy atom. The Balaban J connectivity index is 2.83. The first-order chi connectivity index (χ1) is 7.93. The van der Waals surface area contributed by atoms with Gasteiger partial charge in [-0.3, -0.25) is 4.79 Å². The van der Waals surface area contributed by atoms with Crippen molar-refractivity contribution in [1.29, 1.82) is 0 Å². The molecular formula is C13H16N2O2. The van der Waals surface area contributed by atoms with Gasteiger partial charge in [-0.2, -0.15) is 0 Å². The number of ether oxygens (including phenoxy) is 1. The average Bonchev–Trinajstić information content (AvgIpc) is 2.25. The van der Waals surface area contributed by atoms with Crippen molar-refractivity contribution >= 4 is 10.9 Å². The summed E-state index contributed by atoms with van der Waals surface area (Å²) in [6.07, 6.45) is 1.62. The van der Waals surface area contributed by atoms with Gasteiger partial charge in [0.25, 0.3) is 5.56 Å². The summed E-state index contributed by atoms with van der Waals surface area (Å²) in [5.41, 5.74) is 1.22. The zero-order chi connectivity index (χ0) is 12.6. The van der Waals surface area contributed by atoms with Crippen molar-refractivity contribution in [1.82, 2.24) is 9.97 Å². The first kappa shape index (κ1) is 11.6. The van der Waals surface area contributed by atoms with E-state index in [-0.39, 0.29) is 11.0 Å². The third-order valence-electron chi connectivity index (χ3n) is 2.74. The number of fused-ring (bicyclic) bond motifs is 1. The average molecular weight is 232 g/mol. The van der Waals surface area contributed by atoms with E-state index in [2.05, 4.69) is 9.97 Å². The Morgan fingerprint density at radius 1 is 1.35 bits per heavy atom. The molecule has 2 aromatic heterocycles. The van der Waals surface area contributed by atoms with Gasteiger partial charge in [-0.05, 0) is 17.5 Å². The minimum absolute atomic E-state index is 0.0572. The van der Waals surface area contributed by atoms with Crippen LogP contribution in [0.1, 0.15) is 26.3 Å². The molecule has 0 atom stereocenters. The minimum Gasteiger partial charge on any atom is -0.481 e. The molecule has 2 rings (SSSR count). The van der Waals surface area contributed by atoms with E-state index in [1.165, 1.54) is 0 Å². The highest BCUT2D eigenvalue weighted by atomic mass is 16.5. The lowest BCUT2D eigenvalue weighted by atomic mass is 9.87. The number of H-pyrrole nitrogens is 1. The molecule has 2 heterocycles. The lowest BCUT2D eigenvalue weighted by Crippen LogP contribution is -2.24. The number of nitrogens with zero attached hydrogens (tertiary/aromatic N) is 1. The summed E-state index contributed by atoms with van der Waals surface area (Å²) in [5, 5.41) is 0.833. The monoisotopic (exact) mass is 232 g/mol. The number of pyridine rings is 2. The standard InChI is InChI=1S/C13H16N2O2/c1-13(2,3)9-7-8-10(15-11(9)16)5-6-14-12(8)17-4/h5-7H,1-4H3,(H,15,16). The van der Waals surface area contributed by atoms with Gasteiger partial charge >= 0.3 is 0 Å². The summed E-state index contributed by atoms with van der Waals surface area (Å²) in [6.45, 7) is 6.02. The lowest BCUT2D eigenvalue weighted by Gasteiger charge is -2.18. The van der Waals surface area contributed by atoms with Crippen LogP contribution in [0.15, 0.2) is 23.1 Å². The third kappa shape index (κ3) is 2.02. The van der Waals surface area contributed by atoms with Crippen LogP contribution in [0, 0.1) is 0 Å². The molecule has 0 aliphatic heterocycles. The van der Waals surface area contributed by atoms with Crippen molar-refractivity contribution in [3.05, 3.63) is 34.2 Å². The van der Waals surface area contributed by atoms with Crippen LogP contribution >= 0.6 is 0 Å². The number of hydrogen-bond acceptors (Lipinski definition) is 3. The van der Waals surface area contributed by atoms with E-state index < -0.39 is 0 Å². The van der Waals surface area contributed by atoms with Gasteiger partial charge < -0.3 is 9.72 Å². The van der Waals surface area contributed by atoms with Gasteiger partial charge in [0.2, 0.25) is 5.88 Å². The number of rotatable bonds is 1. The molecule has 17 heavy (non-hydrogen) atoms. The van der Waals surface area contributed by atoms with Gasteiger partial charge in [0.15, 0.2) is 0 Å². The molecule has 0 radical (unpaired) electrons. The molecule has 0 fully saturated rings. The summed E-state index contributed by atoms with van der Waals surface area (Å²) in [6, 6.07) is 3.63. The maximum Gasteiger partial charge on any atom is 0.252 e. The zero-order valence-electron chi connectivity index (χ0n) is 10.5. The van der Waals surface area contributed by atoms with Crippen molar-refractivity contribution in [3.63, 3.8) is 0 Å². The van der Waals surface area contributed by atoms with Crippen molar-refractivity contribution < 1.29 is 4.74 Å². The summed E-state index contributed by atoms with van der Waals surface area (Å²) in [4.78, 5) is 19.0. The fraction of sp³-hybridized carbons (Fsp3) is 0.385. The molecule has 0 aromatic carbocycles. The normalized spacial score (nSPS) is 11.8. The summed E-state index contributed by atoms with van der Waals surface area (Å²) in [7, 11) is 1.57. The highest BCUT2D eigenvalue weighted by Gasteiger charge is 2.19. The number of nitrogens with one attached hydrogen (secondary N) is 1. The predicted molar refractivity (Wildman–Crippen MR) is 67.6 cm³/mol. The van der Waals surface area contributed by atoms with E-state index >= 15 is 0 Å². The van der Waals surface area contributed by atoms with E-state index in [4.69, 9.17) is 4.74 Å². The number of aromatic amines is 1. The second kappa shape index (κ2) is 3.87. The van der Waals surface area contributed by atoms with Crippen molar-refractivity contribution in [2.45, 2.75) is 26.2 Å². The van der Waals surface area contributed by atoms with Crippen molar-refractivity contribution in [3.8, 4) is 5.88 Å². The van der Waals surface area contributed by atoms with E-state index in [0.717, 1.165) is 16.5 Å². The smallest absolute Gasteiger partial charge is 0.252 e. The lowest BCUT2D eigenvalue weighted by molar-refractivity contribution is 0.403. The molecular weight excluding hydrogens is 216 g/mol. The Bertz CT molecular complexity index is 609. The predicted octanol–water partition coefficient (Wildman–Crippen LogP) is 2.23. The van der Waals surface area contributed by atoms with Gasteiger partial charge in [-0.15, -0.1) is 0 Å². The molecule has 0 saturated heterocycles. The Hall–Kier alpha value is -1.84. The number of methoxy groups -OCH3 is 1. The maximum atomic E-state index is 12.0. The first-order valence-electron chi connectivity index (χ1n) is 5.50. The molecule has 4 nitrogen and oxygen atoms in total. The number of hydrogen-bond donors (Lipinski definition) is 1. The van der Waals surface area contributed by atoms with Crippen LogP contribution in [0.25, 0.3) is 10.9 Å². The molecule has 0 bridgehead atoms. The molecule has 0 aliphatic carbocycles. The molecule has 0 saturated carbocycles. The fourth-order valence-electron chi connectivity index (χ4n) is 1.82. The van der Waals surface area contributed by atoms with Gasteiger partial charge in [0.1, 0.15) is 0 Å². The first-order valence-corrected chi connectivity index (χ1v) is 5.50. The van der Waals surface area contributed by atoms with E-state index in [1.54, 1.807) is 19.4 Å². The number of aromatic nitrogens is 2. The van der Waals surface area contributed by atoms with Crippen molar-refractivity contribution in [2.24, 2.45) is 0 Å². The van der Waals surface area contributed by atoms with Crippen LogP contribution in [0.4, 0.5) is 0 Å². The maximum absolute atomic E-state index is 12.0. The van der Waals surface area contributed by atoms with Gasteiger partial charge in [-0.1, -0.05) is 20.8 Å². The quantitative estimate of drug-likeness (QED) is 0.820. The largest absolute Gasteiger partial charge is 0.481 e. The second-order valence-corrected chi connectivity index (χ2v) is 5.04. The van der Waals surface area contributed by atoms with Crippen LogP contribution in [0.2, 0.25) is 0 Å². The molecule has 0 spiro atoms. The SMILES string of the molecule is COc1nccc2[nH]c(=O)c(C(C)(C)C)cc12. The van der Waals surface area contributed by atoms with Gasteiger partial charge in [-0.25, -0.2) is 4.98 Å². The van der Waals surface area contributed by atoms with Gasteiger partial charge in [0, 0.05) is 11.8 Å². The Labute approximate surface area is 99.7 Å². The van der Waals surface area contributed by atoms with Crippen LogP contribution in [0.3, 0.4) is 0 Å². The summed E-state index contributed by atoms with van der Waals surface area (Å²) >= 11 is 0. The highest BCUT2D eigenvalue weighted by molar-refractivity contribution is 5.83. The minimum atomic E-state index is -0.206. The van der Waals surface area contributed by atoms with Crippen LogP contribution in [-0.2, 0) is 5.41 Å².